The lowest BCUT2D eigenvalue weighted by Gasteiger charge is -2.21. The van der Waals surface area contributed by atoms with Crippen molar-refractivity contribution in [1.29, 1.82) is 0 Å². The van der Waals surface area contributed by atoms with Crippen LogP contribution in [-0.4, -0.2) is 18.0 Å². The summed E-state index contributed by atoms with van der Waals surface area (Å²) in [5.74, 6) is -0.614. The SMILES string of the molecule is COc1ccc(N(C(C)=O)c2cc([NH2+][O-])ccn2)cc1F. The lowest BCUT2D eigenvalue weighted by atomic mass is 10.2. The van der Waals surface area contributed by atoms with E-state index in [1.54, 1.807) is 6.07 Å². The number of aromatic nitrogens is 1. The van der Waals surface area contributed by atoms with Crippen LogP contribution in [0.15, 0.2) is 36.5 Å². The number of benzene rings is 1. The van der Waals surface area contributed by atoms with E-state index in [9.17, 15) is 14.4 Å². The van der Waals surface area contributed by atoms with Crippen LogP contribution in [0.5, 0.6) is 5.75 Å². The van der Waals surface area contributed by atoms with Gasteiger partial charge in [-0.2, -0.15) is 0 Å². The Labute approximate surface area is 120 Å². The highest BCUT2D eigenvalue weighted by molar-refractivity contribution is 5.98. The molecule has 0 saturated carbocycles. The first-order valence-corrected chi connectivity index (χ1v) is 6.12. The van der Waals surface area contributed by atoms with Crippen molar-refractivity contribution >= 4 is 23.1 Å². The maximum atomic E-state index is 13.8. The van der Waals surface area contributed by atoms with Gasteiger partial charge in [-0.1, -0.05) is 0 Å². The fraction of sp³-hybridized carbons (Fsp3) is 0.143. The third-order valence-electron chi connectivity index (χ3n) is 2.84. The van der Waals surface area contributed by atoms with Crippen LogP contribution in [0.25, 0.3) is 0 Å². The molecule has 0 spiro atoms. The van der Waals surface area contributed by atoms with Crippen LogP contribution in [0.4, 0.5) is 21.6 Å². The van der Waals surface area contributed by atoms with Crippen LogP contribution in [0.1, 0.15) is 6.92 Å². The number of rotatable bonds is 4. The number of pyridine rings is 1. The molecule has 1 amide bonds. The van der Waals surface area contributed by atoms with Crippen molar-refractivity contribution in [2.45, 2.75) is 6.92 Å². The molecular weight excluding hydrogens is 277 g/mol. The van der Waals surface area contributed by atoms with Gasteiger partial charge in [0.05, 0.1) is 12.8 Å². The smallest absolute Gasteiger partial charge is 0.229 e. The molecule has 0 aliphatic carbocycles. The van der Waals surface area contributed by atoms with E-state index in [0.717, 1.165) is 0 Å². The number of carbonyl (C=O) groups is 1. The summed E-state index contributed by atoms with van der Waals surface area (Å²) in [5.41, 5.74) is 1.33. The number of amides is 1. The van der Waals surface area contributed by atoms with Crippen molar-refractivity contribution < 1.29 is 19.4 Å². The molecule has 6 nitrogen and oxygen atoms in total. The Balaban J connectivity index is 2.48. The van der Waals surface area contributed by atoms with E-state index in [2.05, 4.69) is 4.98 Å². The predicted octanol–water partition coefficient (Wildman–Crippen LogP) is 1.61. The highest BCUT2D eigenvalue weighted by Gasteiger charge is 2.18. The van der Waals surface area contributed by atoms with Gasteiger partial charge in [-0.15, -0.1) is 0 Å². The van der Waals surface area contributed by atoms with Gasteiger partial charge in [0, 0.05) is 31.3 Å². The topological polar surface area (TPSA) is 82.1 Å². The lowest BCUT2D eigenvalue weighted by Crippen LogP contribution is -2.70. The molecule has 0 bridgehead atoms. The summed E-state index contributed by atoms with van der Waals surface area (Å²) in [6.07, 6.45) is 1.41. The Kier molecular flexibility index (Phi) is 4.46. The number of anilines is 2. The monoisotopic (exact) mass is 291 g/mol. The molecule has 0 saturated heterocycles. The molecule has 0 atom stereocenters. The minimum absolute atomic E-state index is 0.0804. The Bertz CT molecular complexity index is 664. The zero-order valence-corrected chi connectivity index (χ0v) is 11.5. The summed E-state index contributed by atoms with van der Waals surface area (Å²) < 4.78 is 18.6. The second-order valence-electron chi connectivity index (χ2n) is 4.24. The molecule has 0 unspecified atom stereocenters. The first-order valence-electron chi connectivity index (χ1n) is 6.12. The number of halogens is 1. The molecule has 0 radical (unpaired) electrons. The number of quaternary nitrogens is 1. The first-order chi connectivity index (χ1) is 10.1. The van der Waals surface area contributed by atoms with Crippen LogP contribution in [-0.2, 0) is 4.79 Å². The van der Waals surface area contributed by atoms with Crippen molar-refractivity contribution in [2.75, 3.05) is 12.0 Å². The van der Waals surface area contributed by atoms with Crippen molar-refractivity contribution in [3.63, 3.8) is 0 Å². The van der Waals surface area contributed by atoms with Crippen molar-refractivity contribution in [2.24, 2.45) is 0 Å². The van der Waals surface area contributed by atoms with Gasteiger partial charge in [0.25, 0.3) is 0 Å². The fourth-order valence-corrected chi connectivity index (χ4v) is 1.90. The van der Waals surface area contributed by atoms with Gasteiger partial charge in [-0.25, -0.2) is 9.37 Å². The molecule has 110 valence electrons. The molecular formula is C14H14FN3O3. The molecule has 1 aromatic carbocycles. The molecule has 2 rings (SSSR count). The molecule has 7 heteroatoms. The Morgan fingerprint density at radius 1 is 1.38 bits per heavy atom. The van der Waals surface area contributed by atoms with Gasteiger partial charge in [0.15, 0.2) is 11.6 Å². The zero-order valence-electron chi connectivity index (χ0n) is 11.5. The quantitative estimate of drug-likeness (QED) is 0.867. The number of hydrogen-bond donors (Lipinski definition) is 1. The highest BCUT2D eigenvalue weighted by atomic mass is 19.1. The second kappa shape index (κ2) is 6.29. The van der Waals surface area contributed by atoms with E-state index in [4.69, 9.17) is 4.74 Å². The third-order valence-corrected chi connectivity index (χ3v) is 2.84. The second-order valence-corrected chi connectivity index (χ2v) is 4.24. The Morgan fingerprint density at radius 3 is 2.71 bits per heavy atom. The highest BCUT2D eigenvalue weighted by Crippen LogP contribution is 2.28. The molecule has 0 fully saturated rings. The Morgan fingerprint density at radius 2 is 2.14 bits per heavy atom. The van der Waals surface area contributed by atoms with Gasteiger partial charge in [-0.3, -0.25) is 9.69 Å². The minimum Gasteiger partial charge on any atom is -0.630 e. The number of ether oxygens (including phenoxy) is 1. The average Bonchev–Trinajstić information content (AvgIpc) is 2.47. The lowest BCUT2D eigenvalue weighted by molar-refractivity contribution is -0.497. The summed E-state index contributed by atoms with van der Waals surface area (Å²) in [7, 11) is 1.36. The normalized spacial score (nSPS) is 10.3. The van der Waals surface area contributed by atoms with E-state index >= 15 is 0 Å². The summed E-state index contributed by atoms with van der Waals surface area (Å²) in [4.78, 5) is 17.1. The van der Waals surface area contributed by atoms with E-state index in [-0.39, 0.29) is 17.5 Å². The van der Waals surface area contributed by atoms with Gasteiger partial charge >= 0.3 is 0 Å². The molecule has 2 N–H and O–H groups in total. The molecule has 2 aromatic rings. The van der Waals surface area contributed by atoms with Crippen LogP contribution in [0.3, 0.4) is 0 Å². The zero-order chi connectivity index (χ0) is 15.4. The van der Waals surface area contributed by atoms with Crippen LogP contribution >= 0.6 is 0 Å². The number of nitrogens with two attached hydrogens (primary N) is 1. The fourth-order valence-electron chi connectivity index (χ4n) is 1.90. The van der Waals surface area contributed by atoms with Crippen molar-refractivity contribution in [1.82, 2.24) is 4.98 Å². The molecule has 0 aliphatic heterocycles. The number of carbonyl (C=O) groups excluding carboxylic acids is 1. The van der Waals surface area contributed by atoms with Gasteiger partial charge < -0.3 is 15.4 Å². The Hall–Kier alpha value is -2.51. The van der Waals surface area contributed by atoms with Crippen molar-refractivity contribution in [3.8, 4) is 5.75 Å². The van der Waals surface area contributed by atoms with E-state index in [1.807, 2.05) is 0 Å². The molecule has 1 aromatic heterocycles. The maximum Gasteiger partial charge on any atom is 0.229 e. The number of hydrogen-bond acceptors (Lipinski definition) is 4. The minimum atomic E-state index is -0.590. The first kappa shape index (κ1) is 14.9. The summed E-state index contributed by atoms with van der Waals surface area (Å²) in [5, 5.41) is 10.8. The van der Waals surface area contributed by atoms with Crippen molar-refractivity contribution in [3.05, 3.63) is 47.6 Å². The van der Waals surface area contributed by atoms with Gasteiger partial charge in [0.1, 0.15) is 11.5 Å². The molecule has 0 aliphatic rings. The van der Waals surface area contributed by atoms with Crippen LogP contribution < -0.4 is 15.1 Å². The largest absolute Gasteiger partial charge is 0.630 e. The summed E-state index contributed by atoms with van der Waals surface area (Å²) >= 11 is 0. The van der Waals surface area contributed by atoms with E-state index in [0.29, 0.717) is 16.9 Å². The third kappa shape index (κ3) is 3.15. The predicted molar refractivity (Wildman–Crippen MR) is 75.0 cm³/mol. The maximum absolute atomic E-state index is 13.8. The summed E-state index contributed by atoms with van der Waals surface area (Å²) in [6.45, 7) is 1.33. The number of nitrogens with zero attached hydrogens (tertiary/aromatic N) is 2. The van der Waals surface area contributed by atoms with Crippen LogP contribution in [0, 0.1) is 11.0 Å². The van der Waals surface area contributed by atoms with E-state index < -0.39 is 5.82 Å². The van der Waals surface area contributed by atoms with Crippen LogP contribution in [0.2, 0.25) is 0 Å². The average molecular weight is 291 g/mol. The van der Waals surface area contributed by atoms with Gasteiger partial charge in [0.2, 0.25) is 5.91 Å². The standard InChI is InChI=1S/C14H14FN3O3/c1-9(19)18(14-7-10(17-20)5-6-16-14)11-3-4-13(21-2)12(15)8-11/h3-8H,17H2,1-2H3. The summed E-state index contributed by atoms with van der Waals surface area (Å²) in [6, 6.07) is 7.11. The number of methoxy groups -OCH3 is 1. The molecule has 21 heavy (non-hydrogen) atoms. The van der Waals surface area contributed by atoms with E-state index in [1.165, 1.54) is 49.4 Å². The van der Waals surface area contributed by atoms with Gasteiger partial charge in [-0.05, 0) is 12.1 Å². The molecule has 1 heterocycles.